The van der Waals surface area contributed by atoms with Gasteiger partial charge in [0, 0.05) is 36.2 Å². The molecule has 0 fully saturated rings. The number of hydrogen-bond donors (Lipinski definition) is 0. The predicted octanol–water partition coefficient (Wildman–Crippen LogP) is 8.43. The van der Waals surface area contributed by atoms with Crippen molar-refractivity contribution >= 4 is 58.8 Å². The van der Waals surface area contributed by atoms with Gasteiger partial charge in [0.25, 0.3) is 0 Å². The molecule has 0 spiro atoms. The Labute approximate surface area is 207 Å². The summed E-state index contributed by atoms with van der Waals surface area (Å²) in [6.45, 7) is 15.9. The van der Waals surface area contributed by atoms with Crippen molar-refractivity contribution in [2.45, 2.75) is 116 Å². The highest BCUT2D eigenvalue weighted by Gasteiger charge is 2.21. The van der Waals surface area contributed by atoms with Gasteiger partial charge in [-0.3, -0.25) is 0 Å². The summed E-state index contributed by atoms with van der Waals surface area (Å²) in [5.74, 6) is 2.45. The molecule has 0 aliphatic heterocycles. The molecular weight excluding hydrogens is 481 g/mol. The summed E-state index contributed by atoms with van der Waals surface area (Å²) in [6.07, 6.45) is 7.39. The first-order valence-corrected chi connectivity index (χ1v) is 22.2. The average molecular weight is 531 g/mol. The Morgan fingerprint density at radius 3 is 1.27 bits per heavy atom. The second kappa shape index (κ2) is 23.9. The van der Waals surface area contributed by atoms with Gasteiger partial charge in [-0.15, -0.1) is 0 Å². The normalized spacial score (nSPS) is 14.0. The first-order chi connectivity index (χ1) is 14.7. The van der Waals surface area contributed by atoms with Crippen LogP contribution in [0.5, 0.6) is 0 Å². The molecule has 8 heteroatoms. The summed E-state index contributed by atoms with van der Waals surface area (Å²) >= 11 is 0. The van der Waals surface area contributed by atoms with Gasteiger partial charge in [-0.1, -0.05) is 100 Å². The van der Waals surface area contributed by atoms with E-state index in [1.54, 1.807) is 0 Å². The van der Waals surface area contributed by atoms with Crippen molar-refractivity contribution in [2.75, 3.05) is 24.7 Å². The van der Waals surface area contributed by atoms with Gasteiger partial charge in [0.1, 0.15) is 0 Å². The fourth-order valence-electron chi connectivity index (χ4n) is 3.73. The predicted molar refractivity (Wildman–Crippen MR) is 155 cm³/mol. The van der Waals surface area contributed by atoms with Crippen molar-refractivity contribution in [2.24, 2.45) is 0 Å². The van der Waals surface area contributed by atoms with E-state index in [4.69, 9.17) is 9.47 Å². The van der Waals surface area contributed by atoms with Crippen LogP contribution < -0.4 is 0 Å². The summed E-state index contributed by atoms with van der Waals surface area (Å²) in [6, 6.07) is 5.49. The van der Waals surface area contributed by atoms with Crippen LogP contribution in [0.2, 0.25) is 24.2 Å². The maximum absolute atomic E-state index is 6.30. The fraction of sp³-hybridized carbons (Fsp3) is 1.00. The summed E-state index contributed by atoms with van der Waals surface area (Å²) in [4.78, 5) is 0. The highest BCUT2D eigenvalue weighted by atomic mass is 33.7. The quantitative estimate of drug-likeness (QED) is 0.0744. The largest absolute Gasteiger partial charge is 0.382 e. The van der Waals surface area contributed by atoms with Crippen molar-refractivity contribution in [1.29, 1.82) is 0 Å². The Morgan fingerprint density at radius 2 is 0.967 bits per heavy atom. The Bertz CT molecular complexity index is 317. The van der Waals surface area contributed by atoms with E-state index in [9.17, 15) is 0 Å². The minimum absolute atomic E-state index is 0.586. The van der Waals surface area contributed by atoms with Crippen molar-refractivity contribution in [3.63, 3.8) is 0 Å². The number of unbranched alkanes of at least 4 members (excludes halogenated alkanes) is 2. The molecule has 0 amide bonds. The van der Waals surface area contributed by atoms with Crippen LogP contribution in [0.3, 0.4) is 0 Å². The molecule has 0 aromatic heterocycles. The van der Waals surface area contributed by atoms with Gasteiger partial charge in [-0.25, -0.2) is 0 Å². The summed E-state index contributed by atoms with van der Waals surface area (Å²) in [5, 5.41) is 0. The van der Waals surface area contributed by atoms with Crippen LogP contribution in [0.15, 0.2) is 0 Å². The van der Waals surface area contributed by atoms with E-state index in [1.165, 1.54) is 74.2 Å². The van der Waals surface area contributed by atoms with E-state index in [0.717, 1.165) is 13.2 Å². The first-order valence-electron chi connectivity index (χ1n) is 12.5. The molecule has 0 heterocycles. The standard InChI is InChI=1S/C22H50O2S4Si2/c1-7-13-17-23-21(29(9-3)10-4)15-19-25-27-28-26-20-16-22(24-18-14-8-2)30(11-5)12-6/h21-22,29-30H,7-20H2,1-6H3. The molecule has 0 saturated heterocycles. The monoisotopic (exact) mass is 530 g/mol. The van der Waals surface area contributed by atoms with E-state index in [-0.39, 0.29) is 0 Å². The maximum atomic E-state index is 6.30. The number of hydrogen-bond acceptors (Lipinski definition) is 6. The highest BCUT2D eigenvalue weighted by molar-refractivity contribution is 9.26. The molecule has 30 heavy (non-hydrogen) atoms. The van der Waals surface area contributed by atoms with Crippen LogP contribution in [0.25, 0.3) is 0 Å². The summed E-state index contributed by atoms with van der Waals surface area (Å²) in [5.41, 5.74) is 1.17. The van der Waals surface area contributed by atoms with Gasteiger partial charge in [0.05, 0.1) is 17.6 Å². The van der Waals surface area contributed by atoms with Crippen molar-refractivity contribution < 1.29 is 9.47 Å². The van der Waals surface area contributed by atoms with Crippen LogP contribution in [0.1, 0.15) is 80.1 Å². The van der Waals surface area contributed by atoms with Gasteiger partial charge in [0.2, 0.25) is 0 Å². The Hall–Kier alpha value is 1.75. The van der Waals surface area contributed by atoms with Gasteiger partial charge in [0.15, 0.2) is 0 Å². The molecule has 0 rings (SSSR count). The average Bonchev–Trinajstić information content (AvgIpc) is 2.76. The zero-order chi connectivity index (χ0) is 22.5. The molecule has 0 aliphatic carbocycles. The molecule has 0 saturated carbocycles. The Balaban J connectivity index is 4.02. The fourth-order valence-corrected chi connectivity index (χ4v) is 15.7. The van der Waals surface area contributed by atoms with E-state index in [1.807, 2.05) is 41.2 Å². The Kier molecular flexibility index (Phi) is 25.3. The third kappa shape index (κ3) is 16.4. The van der Waals surface area contributed by atoms with E-state index >= 15 is 0 Å². The van der Waals surface area contributed by atoms with E-state index < -0.39 is 17.6 Å². The lowest BCUT2D eigenvalue weighted by Crippen LogP contribution is -2.33. The molecule has 0 radical (unpaired) electrons. The third-order valence-corrected chi connectivity index (χ3v) is 19.8. The van der Waals surface area contributed by atoms with Crippen molar-refractivity contribution in [3.8, 4) is 0 Å². The molecule has 2 unspecified atom stereocenters. The third-order valence-electron chi connectivity index (χ3n) is 5.90. The number of rotatable bonds is 23. The van der Waals surface area contributed by atoms with Crippen LogP contribution in [0.4, 0.5) is 0 Å². The topological polar surface area (TPSA) is 18.5 Å². The van der Waals surface area contributed by atoms with Gasteiger partial charge in [-0.05, 0) is 45.3 Å². The molecule has 182 valence electrons. The molecular formula is C22H50O2S4Si2. The second-order valence-corrected chi connectivity index (χ2v) is 22.1. The molecule has 2 atom stereocenters. The lowest BCUT2D eigenvalue weighted by Gasteiger charge is -2.24. The van der Waals surface area contributed by atoms with E-state index in [0.29, 0.717) is 11.5 Å². The molecule has 0 aliphatic rings. The lowest BCUT2D eigenvalue weighted by atomic mass is 10.4. The molecule has 0 aromatic rings. The highest BCUT2D eigenvalue weighted by Crippen LogP contribution is 2.43. The minimum atomic E-state index is -0.727. The zero-order valence-electron chi connectivity index (χ0n) is 20.7. The second-order valence-electron chi connectivity index (χ2n) is 8.04. The minimum Gasteiger partial charge on any atom is -0.382 e. The molecule has 2 nitrogen and oxygen atoms in total. The van der Waals surface area contributed by atoms with Crippen molar-refractivity contribution in [1.82, 2.24) is 0 Å². The van der Waals surface area contributed by atoms with Gasteiger partial charge in [-0.2, -0.15) is 0 Å². The summed E-state index contributed by atoms with van der Waals surface area (Å²) < 4.78 is 12.6. The number of ether oxygens (including phenoxy) is 2. The van der Waals surface area contributed by atoms with Crippen LogP contribution in [-0.4, -0.2) is 53.8 Å². The van der Waals surface area contributed by atoms with Gasteiger partial charge < -0.3 is 9.47 Å². The maximum Gasteiger partial charge on any atom is 0.0712 e. The Morgan fingerprint density at radius 1 is 0.600 bits per heavy atom. The molecule has 0 aromatic carbocycles. The zero-order valence-corrected chi connectivity index (χ0v) is 26.2. The van der Waals surface area contributed by atoms with Crippen LogP contribution in [-0.2, 0) is 9.47 Å². The summed E-state index contributed by atoms with van der Waals surface area (Å²) in [7, 11) is 6.54. The van der Waals surface area contributed by atoms with Crippen LogP contribution in [0, 0.1) is 0 Å². The SMILES string of the molecule is CCCCOC(CCSSSSCCC(OCCCC)[SiH](CC)CC)[SiH](CC)CC. The molecule has 0 N–H and O–H groups in total. The smallest absolute Gasteiger partial charge is 0.0712 e. The van der Waals surface area contributed by atoms with Gasteiger partial charge >= 0.3 is 0 Å². The lowest BCUT2D eigenvalue weighted by molar-refractivity contribution is 0.0972. The molecule has 0 bridgehead atoms. The first kappa shape index (κ1) is 31.8. The van der Waals surface area contributed by atoms with Crippen LogP contribution >= 0.6 is 41.2 Å². The van der Waals surface area contributed by atoms with E-state index in [2.05, 4.69) is 41.5 Å². The van der Waals surface area contributed by atoms with Crippen molar-refractivity contribution in [3.05, 3.63) is 0 Å².